The molecule has 46 heavy (non-hydrogen) atoms. The SMILES string of the molecule is C=C(/C=C\Cc1[c-]c(-c2cccc3c2nc(-c2cc(C(C)(C)C)cc(C(C)(C)C)c2O)n3-c2ccccc2)ccc1)[Si](C)(C)C.[Pt]. The van der Waals surface area contributed by atoms with Crippen LogP contribution in [0, 0.1) is 6.07 Å². The first-order valence-corrected chi connectivity index (χ1v) is 19.4. The zero-order chi connectivity index (χ0) is 32.7. The van der Waals surface area contributed by atoms with Crippen LogP contribution in [0.15, 0.2) is 103 Å². The number of phenols is 1. The van der Waals surface area contributed by atoms with Crippen LogP contribution in [0.4, 0.5) is 0 Å². The molecular formula is C41H47N2OPtSi-. The summed E-state index contributed by atoms with van der Waals surface area (Å²) < 4.78 is 2.18. The average Bonchev–Trinajstić information content (AvgIpc) is 3.35. The van der Waals surface area contributed by atoms with Crippen molar-refractivity contribution in [2.45, 2.75) is 78.4 Å². The maximum Gasteiger partial charge on any atom is 0.148 e. The van der Waals surface area contributed by atoms with Gasteiger partial charge in [-0.05, 0) is 47.1 Å². The molecular weight excluding hydrogens is 760 g/mol. The molecule has 0 unspecified atom stereocenters. The van der Waals surface area contributed by atoms with E-state index in [1.807, 2.05) is 18.2 Å². The topological polar surface area (TPSA) is 38.1 Å². The standard InChI is InChI=1S/C41H47N2OSi.Pt/c1-28(45(8,9)10)17-14-18-29-19-15-20-30(25-29)33-23-16-24-36-37(33)42-39(43(36)32-21-12-11-13-22-32)34-26-31(40(2,3)4)27-35(38(34)44)41(5,6)7;/h11-17,19-24,26-27,44H,1,18H2,2-10H3;/q-1;/b17-14-;. The molecule has 1 N–H and O–H groups in total. The second kappa shape index (κ2) is 13.3. The van der Waals surface area contributed by atoms with Gasteiger partial charge in [-0.15, -0.1) is 35.4 Å². The van der Waals surface area contributed by atoms with Crippen LogP contribution in [0.2, 0.25) is 19.6 Å². The number of hydrogen-bond donors (Lipinski definition) is 1. The van der Waals surface area contributed by atoms with Gasteiger partial charge in [-0.3, -0.25) is 4.57 Å². The molecule has 0 saturated heterocycles. The molecule has 0 bridgehead atoms. The largest absolute Gasteiger partial charge is 0.507 e. The van der Waals surface area contributed by atoms with Crippen molar-refractivity contribution in [2.24, 2.45) is 0 Å². The summed E-state index contributed by atoms with van der Waals surface area (Å²) in [5.74, 6) is 1.01. The maximum absolute atomic E-state index is 11.9. The van der Waals surface area contributed by atoms with Crippen LogP contribution in [0.25, 0.3) is 39.2 Å². The van der Waals surface area contributed by atoms with Gasteiger partial charge < -0.3 is 5.11 Å². The summed E-state index contributed by atoms with van der Waals surface area (Å²) in [4.78, 5) is 5.35. The van der Waals surface area contributed by atoms with Crippen LogP contribution < -0.4 is 0 Å². The molecule has 4 aromatic carbocycles. The smallest absolute Gasteiger partial charge is 0.148 e. The third-order valence-corrected chi connectivity index (χ3v) is 10.6. The number of para-hydroxylation sites is 2. The van der Waals surface area contributed by atoms with Gasteiger partial charge in [0.15, 0.2) is 0 Å². The minimum Gasteiger partial charge on any atom is -0.507 e. The van der Waals surface area contributed by atoms with Crippen LogP contribution in [0.5, 0.6) is 5.75 Å². The molecule has 1 aromatic heterocycles. The predicted molar refractivity (Wildman–Crippen MR) is 195 cm³/mol. The van der Waals surface area contributed by atoms with Crippen molar-refractivity contribution < 1.29 is 26.2 Å². The van der Waals surface area contributed by atoms with Crippen LogP contribution in [-0.2, 0) is 38.3 Å². The number of benzene rings is 4. The first-order valence-electron chi connectivity index (χ1n) is 15.9. The molecule has 0 spiro atoms. The molecule has 0 atom stereocenters. The molecule has 0 amide bonds. The predicted octanol–water partition coefficient (Wildman–Crippen LogP) is 11.0. The van der Waals surface area contributed by atoms with E-state index in [2.05, 4.69) is 151 Å². The van der Waals surface area contributed by atoms with Crippen LogP contribution in [-0.4, -0.2) is 22.7 Å². The summed E-state index contributed by atoms with van der Waals surface area (Å²) in [6.07, 6.45) is 5.18. The summed E-state index contributed by atoms with van der Waals surface area (Å²) in [7, 11) is -1.40. The molecule has 0 aliphatic heterocycles. The molecule has 3 nitrogen and oxygen atoms in total. The second-order valence-corrected chi connectivity index (χ2v) is 20.3. The Kier molecular flexibility index (Phi) is 10.3. The summed E-state index contributed by atoms with van der Waals surface area (Å²) in [5.41, 5.74) is 8.47. The molecule has 242 valence electrons. The summed E-state index contributed by atoms with van der Waals surface area (Å²) in [6, 6.07) is 30.9. The van der Waals surface area contributed by atoms with Crippen molar-refractivity contribution in [3.05, 3.63) is 126 Å². The molecule has 0 saturated carbocycles. The third-order valence-electron chi connectivity index (χ3n) is 8.49. The molecule has 0 fully saturated rings. The number of nitrogens with zero attached hydrogens (tertiary/aromatic N) is 2. The number of allylic oxidation sites excluding steroid dienone is 3. The summed E-state index contributed by atoms with van der Waals surface area (Å²) in [6.45, 7) is 24.3. The van der Waals surface area contributed by atoms with E-state index in [4.69, 9.17) is 4.98 Å². The minimum absolute atomic E-state index is 0. The van der Waals surface area contributed by atoms with E-state index in [0.717, 1.165) is 62.3 Å². The molecule has 1 heterocycles. The Labute approximate surface area is 291 Å². The Balaban J connectivity index is 0.00000480. The molecule has 5 aromatic rings. The number of imidazole rings is 1. The van der Waals surface area contributed by atoms with Gasteiger partial charge in [0.25, 0.3) is 0 Å². The number of fused-ring (bicyclic) bond motifs is 1. The van der Waals surface area contributed by atoms with Gasteiger partial charge in [-0.1, -0.05) is 127 Å². The number of aromatic nitrogens is 2. The molecule has 5 rings (SSSR count). The van der Waals surface area contributed by atoms with E-state index in [-0.39, 0.29) is 37.6 Å². The van der Waals surface area contributed by atoms with Crippen LogP contribution in [0.3, 0.4) is 0 Å². The van der Waals surface area contributed by atoms with Crippen molar-refractivity contribution in [2.75, 3.05) is 0 Å². The Bertz CT molecular complexity index is 1900. The fourth-order valence-electron chi connectivity index (χ4n) is 5.52. The zero-order valence-corrected chi connectivity index (χ0v) is 32.0. The molecule has 0 radical (unpaired) electrons. The van der Waals surface area contributed by atoms with Crippen molar-refractivity contribution in [3.63, 3.8) is 0 Å². The van der Waals surface area contributed by atoms with Gasteiger partial charge >= 0.3 is 0 Å². The first-order chi connectivity index (χ1) is 21.1. The van der Waals surface area contributed by atoms with Crippen molar-refractivity contribution >= 4 is 19.1 Å². The first kappa shape index (κ1) is 35.4. The number of rotatable bonds is 7. The van der Waals surface area contributed by atoms with Crippen molar-refractivity contribution in [1.82, 2.24) is 9.55 Å². The minimum atomic E-state index is -1.40. The number of phenolic OH excluding ortho intramolecular Hbond substituents is 1. The fraction of sp³-hybridized carbons (Fsp3) is 0.293. The normalized spacial score (nSPS) is 12.5. The summed E-state index contributed by atoms with van der Waals surface area (Å²) >= 11 is 0. The van der Waals surface area contributed by atoms with E-state index in [9.17, 15) is 5.11 Å². The monoisotopic (exact) mass is 806 g/mol. The van der Waals surface area contributed by atoms with Crippen molar-refractivity contribution in [3.8, 4) is 34.0 Å². The Hall–Kier alpha value is -3.46. The van der Waals surface area contributed by atoms with E-state index < -0.39 is 8.07 Å². The number of hydrogen-bond acceptors (Lipinski definition) is 2. The van der Waals surface area contributed by atoms with E-state index in [0.29, 0.717) is 0 Å². The van der Waals surface area contributed by atoms with E-state index in [1.165, 1.54) is 5.20 Å². The van der Waals surface area contributed by atoms with Gasteiger partial charge in [-0.25, -0.2) is 4.98 Å². The molecule has 0 aliphatic carbocycles. The quantitative estimate of drug-likeness (QED) is 0.101. The van der Waals surface area contributed by atoms with E-state index >= 15 is 0 Å². The van der Waals surface area contributed by atoms with Gasteiger partial charge in [0.1, 0.15) is 11.6 Å². The maximum atomic E-state index is 11.9. The van der Waals surface area contributed by atoms with E-state index in [1.54, 1.807) is 0 Å². The Morgan fingerprint density at radius 2 is 1.54 bits per heavy atom. The molecule has 0 aliphatic rings. The van der Waals surface area contributed by atoms with Crippen LogP contribution in [0.1, 0.15) is 58.2 Å². The third kappa shape index (κ3) is 7.40. The van der Waals surface area contributed by atoms with Gasteiger partial charge in [0, 0.05) is 32.3 Å². The Morgan fingerprint density at radius 1 is 0.870 bits per heavy atom. The van der Waals surface area contributed by atoms with Crippen molar-refractivity contribution in [1.29, 1.82) is 0 Å². The molecule has 5 heteroatoms. The number of aromatic hydroxyl groups is 1. The zero-order valence-electron chi connectivity index (χ0n) is 28.7. The Morgan fingerprint density at radius 3 is 2.17 bits per heavy atom. The van der Waals surface area contributed by atoms with Gasteiger partial charge in [0.2, 0.25) is 0 Å². The average molecular weight is 807 g/mol. The van der Waals surface area contributed by atoms with Crippen LogP contribution >= 0.6 is 0 Å². The van der Waals surface area contributed by atoms with Gasteiger partial charge in [0.05, 0.1) is 24.7 Å². The second-order valence-electron chi connectivity index (χ2n) is 15.2. The fourth-order valence-corrected chi connectivity index (χ4v) is 6.13. The summed E-state index contributed by atoms with van der Waals surface area (Å²) in [5, 5.41) is 13.1. The van der Waals surface area contributed by atoms with Gasteiger partial charge in [-0.2, -0.15) is 0 Å².